The number of halogens is 1. The van der Waals surface area contributed by atoms with Gasteiger partial charge in [-0.05, 0) is 56.4 Å². The Morgan fingerprint density at radius 2 is 1.73 bits per heavy atom. The minimum atomic E-state index is -0.965. The van der Waals surface area contributed by atoms with Crippen LogP contribution in [-0.4, -0.2) is 58.4 Å². The molecule has 2 heterocycles. The Bertz CT molecular complexity index is 691. The van der Waals surface area contributed by atoms with Crippen LogP contribution in [0.15, 0.2) is 24.3 Å². The molecule has 140 valence electrons. The van der Waals surface area contributed by atoms with Crippen LogP contribution in [-0.2, 0) is 9.59 Å². The van der Waals surface area contributed by atoms with Gasteiger partial charge in [-0.2, -0.15) is 0 Å². The molecule has 0 bridgehead atoms. The van der Waals surface area contributed by atoms with Crippen LogP contribution in [0.2, 0.25) is 0 Å². The highest BCUT2D eigenvalue weighted by Crippen LogP contribution is 2.25. The zero-order valence-corrected chi connectivity index (χ0v) is 14.6. The number of benzene rings is 1. The SMILES string of the molecule is O=C(O)C1CCCCN1C(=O)C1CCCN(C(=O)c2ccc(F)cc2)C1. The molecule has 7 heteroatoms. The van der Waals surface area contributed by atoms with E-state index in [-0.39, 0.29) is 24.3 Å². The molecule has 2 saturated heterocycles. The summed E-state index contributed by atoms with van der Waals surface area (Å²) < 4.78 is 13.0. The second-order valence-electron chi connectivity index (χ2n) is 6.98. The molecule has 3 rings (SSSR count). The van der Waals surface area contributed by atoms with Crippen LogP contribution >= 0.6 is 0 Å². The molecule has 0 aliphatic carbocycles. The molecule has 1 N–H and O–H groups in total. The summed E-state index contributed by atoms with van der Waals surface area (Å²) in [4.78, 5) is 40.0. The largest absolute Gasteiger partial charge is 0.480 e. The van der Waals surface area contributed by atoms with Gasteiger partial charge in [0.15, 0.2) is 0 Å². The van der Waals surface area contributed by atoms with Crippen molar-refractivity contribution < 1.29 is 23.9 Å². The summed E-state index contributed by atoms with van der Waals surface area (Å²) >= 11 is 0. The van der Waals surface area contributed by atoms with E-state index in [1.54, 1.807) is 4.90 Å². The number of aliphatic carboxylic acids is 1. The predicted octanol–water partition coefficient (Wildman–Crippen LogP) is 2.14. The van der Waals surface area contributed by atoms with Crippen LogP contribution in [0.25, 0.3) is 0 Å². The summed E-state index contributed by atoms with van der Waals surface area (Å²) in [6.07, 6.45) is 3.43. The van der Waals surface area contributed by atoms with Crippen molar-refractivity contribution in [3.8, 4) is 0 Å². The lowest BCUT2D eigenvalue weighted by atomic mass is 9.93. The van der Waals surface area contributed by atoms with Gasteiger partial charge in [-0.15, -0.1) is 0 Å². The highest BCUT2D eigenvalue weighted by molar-refractivity contribution is 5.95. The van der Waals surface area contributed by atoms with Crippen molar-refractivity contribution >= 4 is 17.8 Å². The molecule has 2 aliphatic heterocycles. The standard InChI is InChI=1S/C19H23FN2O4/c20-15-8-6-13(7-9-15)17(23)21-10-3-4-14(12-21)18(24)22-11-2-1-5-16(22)19(25)26/h6-9,14,16H,1-5,10-12H2,(H,25,26). The Hall–Kier alpha value is -2.44. The van der Waals surface area contributed by atoms with Gasteiger partial charge in [0, 0.05) is 25.2 Å². The number of amides is 2. The van der Waals surface area contributed by atoms with Crippen LogP contribution in [0.5, 0.6) is 0 Å². The Morgan fingerprint density at radius 1 is 1.00 bits per heavy atom. The van der Waals surface area contributed by atoms with E-state index in [4.69, 9.17) is 0 Å². The van der Waals surface area contributed by atoms with Gasteiger partial charge in [0.2, 0.25) is 5.91 Å². The molecule has 2 aliphatic rings. The lowest BCUT2D eigenvalue weighted by molar-refractivity contribution is -0.154. The number of hydrogen-bond acceptors (Lipinski definition) is 3. The number of likely N-dealkylation sites (tertiary alicyclic amines) is 2. The Labute approximate surface area is 151 Å². The zero-order valence-electron chi connectivity index (χ0n) is 14.6. The first-order chi connectivity index (χ1) is 12.5. The average molecular weight is 362 g/mol. The first kappa shape index (κ1) is 18.4. The molecule has 0 radical (unpaired) electrons. The van der Waals surface area contributed by atoms with Crippen LogP contribution < -0.4 is 0 Å². The normalized spacial score (nSPS) is 23.6. The number of carbonyl (C=O) groups excluding carboxylic acids is 2. The van der Waals surface area contributed by atoms with Crippen LogP contribution in [0.3, 0.4) is 0 Å². The summed E-state index contributed by atoms with van der Waals surface area (Å²) in [5.41, 5.74) is 0.390. The summed E-state index contributed by atoms with van der Waals surface area (Å²) in [6.45, 7) is 1.28. The van der Waals surface area contributed by atoms with Crippen molar-refractivity contribution in [3.05, 3.63) is 35.6 Å². The summed E-state index contributed by atoms with van der Waals surface area (Å²) in [5.74, 6) is -2.15. The molecular weight excluding hydrogens is 339 g/mol. The van der Waals surface area contributed by atoms with Gasteiger partial charge in [-0.25, -0.2) is 9.18 Å². The van der Waals surface area contributed by atoms with Gasteiger partial charge < -0.3 is 14.9 Å². The minimum Gasteiger partial charge on any atom is -0.480 e. The maximum absolute atomic E-state index is 13.0. The third kappa shape index (κ3) is 3.86. The molecule has 2 fully saturated rings. The second kappa shape index (κ2) is 7.85. The number of carbonyl (C=O) groups is 3. The van der Waals surface area contributed by atoms with E-state index in [1.165, 1.54) is 29.2 Å². The molecule has 1 aromatic carbocycles. The lowest BCUT2D eigenvalue weighted by Gasteiger charge is -2.38. The Morgan fingerprint density at radius 3 is 2.42 bits per heavy atom. The van der Waals surface area contributed by atoms with Gasteiger partial charge in [0.05, 0.1) is 5.92 Å². The fourth-order valence-corrected chi connectivity index (χ4v) is 3.82. The van der Waals surface area contributed by atoms with Crippen molar-refractivity contribution in [2.75, 3.05) is 19.6 Å². The summed E-state index contributed by atoms with van der Waals surface area (Å²) in [5, 5.41) is 9.38. The van der Waals surface area contributed by atoms with Crippen LogP contribution in [0.4, 0.5) is 4.39 Å². The fourth-order valence-electron chi connectivity index (χ4n) is 3.82. The fraction of sp³-hybridized carbons (Fsp3) is 0.526. The number of rotatable bonds is 3. The number of piperidine rings is 2. The molecule has 1 aromatic rings. The first-order valence-corrected chi connectivity index (χ1v) is 9.05. The molecule has 2 amide bonds. The van der Waals surface area contributed by atoms with Crippen LogP contribution in [0.1, 0.15) is 42.5 Å². The number of nitrogens with zero attached hydrogens (tertiary/aromatic N) is 2. The number of carboxylic acid groups (broad SMARTS) is 1. The van der Waals surface area contributed by atoms with Crippen molar-refractivity contribution in [2.45, 2.75) is 38.1 Å². The van der Waals surface area contributed by atoms with Gasteiger partial charge in [-0.1, -0.05) is 0 Å². The molecule has 26 heavy (non-hydrogen) atoms. The number of carboxylic acids is 1. The molecule has 0 aromatic heterocycles. The quantitative estimate of drug-likeness (QED) is 0.894. The maximum Gasteiger partial charge on any atom is 0.326 e. The van der Waals surface area contributed by atoms with E-state index in [9.17, 15) is 23.9 Å². The summed E-state index contributed by atoms with van der Waals surface area (Å²) in [6, 6.07) is 4.60. The summed E-state index contributed by atoms with van der Waals surface area (Å²) in [7, 11) is 0. The van der Waals surface area contributed by atoms with Gasteiger partial charge in [0.1, 0.15) is 11.9 Å². The highest BCUT2D eigenvalue weighted by Gasteiger charge is 2.37. The molecular formula is C19H23FN2O4. The molecule has 0 spiro atoms. The van der Waals surface area contributed by atoms with Crippen molar-refractivity contribution in [1.29, 1.82) is 0 Å². The maximum atomic E-state index is 13.0. The molecule has 0 saturated carbocycles. The molecule has 2 atom stereocenters. The smallest absolute Gasteiger partial charge is 0.326 e. The predicted molar refractivity (Wildman–Crippen MR) is 92.0 cm³/mol. The molecule has 6 nitrogen and oxygen atoms in total. The van der Waals surface area contributed by atoms with Crippen LogP contribution in [0, 0.1) is 11.7 Å². The van der Waals surface area contributed by atoms with Crippen molar-refractivity contribution in [3.63, 3.8) is 0 Å². The highest BCUT2D eigenvalue weighted by atomic mass is 19.1. The zero-order chi connectivity index (χ0) is 18.7. The third-order valence-electron chi connectivity index (χ3n) is 5.22. The van der Waals surface area contributed by atoms with Gasteiger partial charge >= 0.3 is 5.97 Å². The van der Waals surface area contributed by atoms with E-state index in [2.05, 4.69) is 0 Å². The van der Waals surface area contributed by atoms with Crippen molar-refractivity contribution in [2.24, 2.45) is 5.92 Å². The monoisotopic (exact) mass is 362 g/mol. The van der Waals surface area contributed by atoms with Crippen molar-refractivity contribution in [1.82, 2.24) is 9.80 Å². The second-order valence-corrected chi connectivity index (χ2v) is 6.98. The van der Waals surface area contributed by atoms with Gasteiger partial charge in [0.25, 0.3) is 5.91 Å². The van der Waals surface area contributed by atoms with E-state index >= 15 is 0 Å². The third-order valence-corrected chi connectivity index (χ3v) is 5.22. The topological polar surface area (TPSA) is 77.9 Å². The van der Waals surface area contributed by atoms with E-state index in [1.807, 2.05) is 0 Å². The number of hydrogen-bond donors (Lipinski definition) is 1. The van der Waals surface area contributed by atoms with E-state index in [0.29, 0.717) is 37.9 Å². The Kier molecular flexibility index (Phi) is 5.54. The van der Waals surface area contributed by atoms with E-state index in [0.717, 1.165) is 12.8 Å². The minimum absolute atomic E-state index is 0.172. The first-order valence-electron chi connectivity index (χ1n) is 9.05. The van der Waals surface area contributed by atoms with E-state index < -0.39 is 17.8 Å². The Balaban J connectivity index is 1.69. The lowest BCUT2D eigenvalue weighted by Crippen LogP contribution is -2.53. The average Bonchev–Trinajstić information content (AvgIpc) is 2.67. The molecule has 2 unspecified atom stereocenters. The van der Waals surface area contributed by atoms with Gasteiger partial charge in [-0.3, -0.25) is 9.59 Å².